The number of carbonyl (C=O) groups is 1. The average Bonchev–Trinajstić information content (AvgIpc) is 3.19. The summed E-state index contributed by atoms with van der Waals surface area (Å²) in [6, 6.07) is 8.84. The molecule has 0 radical (unpaired) electrons. The SMILES string of the molecule is C[C@@H](Oc1ccc(C#N)cc1)C(=O)NCCCC1(C2OCCO2)CCCCCC1. The highest BCUT2D eigenvalue weighted by Crippen LogP contribution is 2.44. The lowest BCUT2D eigenvalue weighted by atomic mass is 9.75. The lowest BCUT2D eigenvalue weighted by Gasteiger charge is -2.37. The van der Waals surface area contributed by atoms with Gasteiger partial charge in [0.1, 0.15) is 5.75 Å². The minimum Gasteiger partial charge on any atom is -0.481 e. The van der Waals surface area contributed by atoms with Crippen LogP contribution in [0, 0.1) is 16.7 Å². The number of hydrogen-bond acceptors (Lipinski definition) is 5. The Morgan fingerprint density at radius 1 is 1.21 bits per heavy atom. The van der Waals surface area contributed by atoms with Crippen molar-refractivity contribution in [3.05, 3.63) is 29.8 Å². The van der Waals surface area contributed by atoms with Gasteiger partial charge in [-0.1, -0.05) is 25.7 Å². The topological polar surface area (TPSA) is 80.6 Å². The molecule has 3 rings (SSSR count). The van der Waals surface area contributed by atoms with Gasteiger partial charge in [0.2, 0.25) is 0 Å². The monoisotopic (exact) mass is 400 g/mol. The second kappa shape index (κ2) is 10.6. The number of nitriles is 1. The highest BCUT2D eigenvalue weighted by atomic mass is 16.7. The van der Waals surface area contributed by atoms with Gasteiger partial charge in [-0.15, -0.1) is 0 Å². The van der Waals surface area contributed by atoms with E-state index in [1.165, 1.54) is 25.7 Å². The average molecular weight is 401 g/mol. The van der Waals surface area contributed by atoms with Gasteiger partial charge in [-0.2, -0.15) is 5.26 Å². The standard InChI is InChI=1S/C23H32N2O4/c1-18(29-20-9-7-19(17-24)8-10-20)21(26)25-14-6-13-23(22-27-15-16-28-22)11-4-2-3-5-12-23/h7-10,18,22H,2-6,11-16H2,1H3,(H,25,26)/t18-/m1/s1. The molecule has 1 atom stereocenters. The molecule has 0 bridgehead atoms. The van der Waals surface area contributed by atoms with Crippen molar-refractivity contribution in [2.75, 3.05) is 19.8 Å². The predicted octanol–water partition coefficient (Wildman–Crippen LogP) is 3.94. The van der Waals surface area contributed by atoms with Gasteiger partial charge in [-0.3, -0.25) is 4.79 Å². The van der Waals surface area contributed by atoms with Gasteiger partial charge in [0.25, 0.3) is 5.91 Å². The van der Waals surface area contributed by atoms with Crippen LogP contribution in [0.25, 0.3) is 0 Å². The zero-order valence-corrected chi connectivity index (χ0v) is 17.3. The third kappa shape index (κ3) is 5.94. The van der Waals surface area contributed by atoms with E-state index in [2.05, 4.69) is 11.4 Å². The predicted molar refractivity (Wildman–Crippen MR) is 109 cm³/mol. The van der Waals surface area contributed by atoms with Crippen LogP contribution in [0.2, 0.25) is 0 Å². The fraction of sp³-hybridized carbons (Fsp3) is 0.652. The van der Waals surface area contributed by atoms with Crippen LogP contribution in [0.4, 0.5) is 0 Å². The van der Waals surface area contributed by atoms with Crippen molar-refractivity contribution in [3.8, 4) is 11.8 Å². The Labute approximate surface area is 173 Å². The molecule has 0 unspecified atom stereocenters. The summed E-state index contributed by atoms with van der Waals surface area (Å²) < 4.78 is 17.5. The zero-order valence-electron chi connectivity index (χ0n) is 17.3. The van der Waals surface area contributed by atoms with Crippen molar-refractivity contribution >= 4 is 5.91 Å². The summed E-state index contributed by atoms with van der Waals surface area (Å²) in [5.41, 5.74) is 0.652. The normalized spacial score (nSPS) is 20.4. The molecule has 6 heteroatoms. The van der Waals surface area contributed by atoms with Crippen molar-refractivity contribution in [1.82, 2.24) is 5.32 Å². The summed E-state index contributed by atoms with van der Waals surface area (Å²) in [4.78, 5) is 12.4. The third-order valence-corrected chi connectivity index (χ3v) is 6.04. The van der Waals surface area contributed by atoms with Gasteiger partial charge in [0.15, 0.2) is 12.4 Å². The maximum absolute atomic E-state index is 12.4. The van der Waals surface area contributed by atoms with E-state index < -0.39 is 6.10 Å². The molecule has 1 aliphatic heterocycles. The van der Waals surface area contributed by atoms with E-state index in [-0.39, 0.29) is 17.6 Å². The van der Waals surface area contributed by atoms with Crippen LogP contribution in [0.5, 0.6) is 5.75 Å². The van der Waals surface area contributed by atoms with Gasteiger partial charge < -0.3 is 19.5 Å². The number of benzene rings is 1. The first kappa shape index (κ1) is 21.6. The Bertz CT molecular complexity index is 684. The number of amides is 1. The molecular formula is C23H32N2O4. The third-order valence-electron chi connectivity index (χ3n) is 6.04. The lowest BCUT2D eigenvalue weighted by molar-refractivity contribution is -0.143. The molecule has 1 heterocycles. The van der Waals surface area contributed by atoms with Crippen LogP contribution in [-0.4, -0.2) is 38.1 Å². The molecule has 29 heavy (non-hydrogen) atoms. The summed E-state index contributed by atoms with van der Waals surface area (Å²) in [7, 11) is 0. The van der Waals surface area contributed by atoms with Crippen LogP contribution in [-0.2, 0) is 14.3 Å². The number of carbonyl (C=O) groups excluding carboxylic acids is 1. The maximum atomic E-state index is 12.4. The molecule has 6 nitrogen and oxygen atoms in total. The molecule has 0 aromatic heterocycles. The number of nitrogens with one attached hydrogen (secondary N) is 1. The van der Waals surface area contributed by atoms with Gasteiger partial charge in [-0.05, 0) is 56.9 Å². The molecule has 2 aliphatic rings. The zero-order chi connectivity index (χ0) is 20.5. The molecule has 1 aliphatic carbocycles. The fourth-order valence-corrected chi connectivity index (χ4v) is 4.41. The van der Waals surface area contributed by atoms with Gasteiger partial charge in [0, 0.05) is 12.0 Å². The second-order valence-corrected chi connectivity index (χ2v) is 8.14. The Balaban J connectivity index is 1.44. The van der Waals surface area contributed by atoms with E-state index in [0.717, 1.165) is 25.7 Å². The van der Waals surface area contributed by atoms with Crippen LogP contribution >= 0.6 is 0 Å². The van der Waals surface area contributed by atoms with E-state index in [1.54, 1.807) is 31.2 Å². The highest BCUT2D eigenvalue weighted by molar-refractivity contribution is 5.80. The first-order valence-electron chi connectivity index (χ1n) is 10.8. The van der Waals surface area contributed by atoms with Crippen LogP contribution in [0.1, 0.15) is 63.9 Å². The minimum atomic E-state index is -0.587. The molecule has 0 spiro atoms. The van der Waals surface area contributed by atoms with E-state index in [9.17, 15) is 4.79 Å². The number of nitrogens with zero attached hydrogens (tertiary/aromatic N) is 1. The fourth-order valence-electron chi connectivity index (χ4n) is 4.41. The van der Waals surface area contributed by atoms with Crippen molar-refractivity contribution < 1.29 is 19.0 Å². The van der Waals surface area contributed by atoms with E-state index >= 15 is 0 Å². The van der Waals surface area contributed by atoms with Crippen LogP contribution in [0.3, 0.4) is 0 Å². The summed E-state index contributed by atoms with van der Waals surface area (Å²) in [5.74, 6) is 0.456. The first-order valence-corrected chi connectivity index (χ1v) is 10.8. The van der Waals surface area contributed by atoms with Crippen molar-refractivity contribution in [3.63, 3.8) is 0 Å². The number of ether oxygens (including phenoxy) is 3. The van der Waals surface area contributed by atoms with Crippen LogP contribution in [0.15, 0.2) is 24.3 Å². The first-order chi connectivity index (χ1) is 14.1. The quantitative estimate of drug-likeness (QED) is 0.528. The Hall–Kier alpha value is -2.10. The molecule has 1 saturated carbocycles. The summed E-state index contributed by atoms with van der Waals surface area (Å²) in [6.07, 6.45) is 8.54. The van der Waals surface area contributed by atoms with Crippen molar-refractivity contribution in [2.24, 2.45) is 5.41 Å². The summed E-state index contributed by atoms with van der Waals surface area (Å²) in [5, 5.41) is 11.8. The Kier molecular flexibility index (Phi) is 7.91. The Morgan fingerprint density at radius 2 is 1.86 bits per heavy atom. The van der Waals surface area contributed by atoms with Gasteiger partial charge in [0.05, 0.1) is 24.8 Å². The largest absolute Gasteiger partial charge is 0.481 e. The molecular weight excluding hydrogens is 368 g/mol. The molecule has 1 amide bonds. The smallest absolute Gasteiger partial charge is 0.260 e. The highest BCUT2D eigenvalue weighted by Gasteiger charge is 2.42. The number of hydrogen-bond donors (Lipinski definition) is 1. The molecule has 1 saturated heterocycles. The van der Waals surface area contributed by atoms with Crippen molar-refractivity contribution in [2.45, 2.75) is 70.7 Å². The Morgan fingerprint density at radius 3 is 2.48 bits per heavy atom. The molecule has 1 aromatic carbocycles. The van der Waals surface area contributed by atoms with Crippen molar-refractivity contribution in [1.29, 1.82) is 5.26 Å². The second-order valence-electron chi connectivity index (χ2n) is 8.14. The van der Waals surface area contributed by atoms with E-state index in [1.807, 2.05) is 0 Å². The minimum absolute atomic E-state index is 0.0856. The molecule has 158 valence electrons. The lowest BCUT2D eigenvalue weighted by Crippen LogP contribution is -2.39. The van der Waals surface area contributed by atoms with E-state index in [0.29, 0.717) is 31.1 Å². The maximum Gasteiger partial charge on any atom is 0.260 e. The van der Waals surface area contributed by atoms with E-state index in [4.69, 9.17) is 19.5 Å². The molecule has 2 fully saturated rings. The van der Waals surface area contributed by atoms with Crippen LogP contribution < -0.4 is 10.1 Å². The number of rotatable bonds is 8. The summed E-state index contributed by atoms with van der Waals surface area (Å²) in [6.45, 7) is 3.73. The van der Waals surface area contributed by atoms with Gasteiger partial charge in [-0.25, -0.2) is 0 Å². The summed E-state index contributed by atoms with van der Waals surface area (Å²) >= 11 is 0. The van der Waals surface area contributed by atoms with Gasteiger partial charge >= 0.3 is 0 Å². The molecule has 1 N–H and O–H groups in total. The molecule has 1 aromatic rings.